The summed E-state index contributed by atoms with van der Waals surface area (Å²) in [5.74, 6) is -1.66. The molecule has 3 heterocycles. The quantitative estimate of drug-likeness (QED) is 0.243. The highest BCUT2D eigenvalue weighted by Gasteiger charge is 2.27. The zero-order chi connectivity index (χ0) is 31.0. The molecule has 1 fully saturated rings. The highest BCUT2D eigenvalue weighted by molar-refractivity contribution is 7.89. The van der Waals surface area contributed by atoms with Gasteiger partial charge in [0, 0.05) is 41.7 Å². The molecule has 5 aromatic rings. The molecule has 0 radical (unpaired) electrons. The molecule has 1 saturated heterocycles. The number of hydrogen-bond acceptors (Lipinski definition) is 8. The van der Waals surface area contributed by atoms with Crippen LogP contribution in [-0.2, 0) is 21.8 Å². The fourth-order valence-electron chi connectivity index (χ4n) is 5.02. The lowest BCUT2D eigenvalue weighted by molar-refractivity contribution is 0.0730. The third-order valence-corrected chi connectivity index (χ3v) is 9.30. The molecule has 44 heavy (non-hydrogen) atoms. The van der Waals surface area contributed by atoms with Gasteiger partial charge in [-0.15, -0.1) is 0 Å². The largest absolute Gasteiger partial charge is 0.439 e. The summed E-state index contributed by atoms with van der Waals surface area (Å²) in [7, 11) is -2.11. The summed E-state index contributed by atoms with van der Waals surface area (Å²) in [6.07, 6.45) is 0. The molecule has 1 aliphatic rings. The van der Waals surface area contributed by atoms with Gasteiger partial charge in [0.05, 0.1) is 35.0 Å². The fraction of sp³-hybridized carbons (Fsp3) is 0.172. The first-order chi connectivity index (χ1) is 21.1. The standard InChI is InChI=1S/C29H25ClN6O7S/c1-35-24(28(38)31-22-9-8-19(30)16-21(22)26-33-29(39)43-34-26)15-17-4-3-7-23(25(17)35)32-27(37)18-5-2-6-20(14-18)44(40,41)36-10-12-42-13-11-36/h2-9,14-16H,10-13H2,1H3,(H,31,38)(H,32,37)(H,33,34,39). The Morgan fingerprint density at radius 1 is 0.955 bits per heavy atom. The average Bonchev–Trinajstić information content (AvgIpc) is 3.61. The predicted octanol–water partition coefficient (Wildman–Crippen LogP) is 3.70. The van der Waals surface area contributed by atoms with Crippen LogP contribution in [0.1, 0.15) is 20.8 Å². The highest BCUT2D eigenvalue weighted by atomic mass is 35.5. The van der Waals surface area contributed by atoms with Gasteiger partial charge in [0.2, 0.25) is 10.0 Å². The molecular formula is C29H25ClN6O7S. The van der Waals surface area contributed by atoms with Crippen LogP contribution in [0.4, 0.5) is 11.4 Å². The number of aryl methyl sites for hydroxylation is 1. The van der Waals surface area contributed by atoms with Crippen molar-refractivity contribution in [2.45, 2.75) is 4.90 Å². The minimum absolute atomic E-state index is 0.0133. The number of fused-ring (bicyclic) bond motifs is 1. The Morgan fingerprint density at radius 2 is 1.70 bits per heavy atom. The molecule has 2 amide bonds. The van der Waals surface area contributed by atoms with Gasteiger partial charge in [-0.1, -0.05) is 35.0 Å². The van der Waals surface area contributed by atoms with Crippen LogP contribution in [0.25, 0.3) is 22.3 Å². The van der Waals surface area contributed by atoms with Gasteiger partial charge >= 0.3 is 5.76 Å². The van der Waals surface area contributed by atoms with E-state index in [-0.39, 0.29) is 35.1 Å². The number of aromatic nitrogens is 3. The van der Waals surface area contributed by atoms with Crippen LogP contribution >= 0.6 is 11.6 Å². The number of halogens is 1. The lowest BCUT2D eigenvalue weighted by Crippen LogP contribution is -2.40. The van der Waals surface area contributed by atoms with Crippen LogP contribution in [0.15, 0.2) is 80.9 Å². The topological polar surface area (TPSA) is 169 Å². The van der Waals surface area contributed by atoms with E-state index in [1.54, 1.807) is 48.0 Å². The number of anilines is 2. The highest BCUT2D eigenvalue weighted by Crippen LogP contribution is 2.31. The van der Waals surface area contributed by atoms with E-state index in [4.69, 9.17) is 16.3 Å². The number of carbonyl (C=O) groups excluding carboxylic acids is 2. The Labute approximate surface area is 255 Å². The first-order valence-electron chi connectivity index (χ1n) is 13.4. The second-order valence-electron chi connectivity index (χ2n) is 9.92. The van der Waals surface area contributed by atoms with Crippen LogP contribution in [0.2, 0.25) is 5.02 Å². The number of sulfonamides is 1. The zero-order valence-corrected chi connectivity index (χ0v) is 24.7. The van der Waals surface area contributed by atoms with E-state index in [0.29, 0.717) is 46.1 Å². The van der Waals surface area contributed by atoms with Gasteiger partial charge in [0.25, 0.3) is 11.8 Å². The summed E-state index contributed by atoms with van der Waals surface area (Å²) < 4.78 is 39.1. The van der Waals surface area contributed by atoms with E-state index < -0.39 is 27.6 Å². The maximum Gasteiger partial charge on any atom is 0.439 e. The third kappa shape index (κ3) is 5.63. The number of rotatable bonds is 7. The minimum atomic E-state index is -3.80. The van der Waals surface area contributed by atoms with Crippen molar-refractivity contribution in [1.82, 2.24) is 19.0 Å². The second-order valence-corrected chi connectivity index (χ2v) is 12.3. The number of carbonyl (C=O) groups is 2. The van der Waals surface area contributed by atoms with Crippen LogP contribution in [0.3, 0.4) is 0 Å². The number of hydrogen-bond donors (Lipinski definition) is 3. The molecule has 3 N–H and O–H groups in total. The van der Waals surface area contributed by atoms with Gasteiger partial charge in [-0.25, -0.2) is 13.2 Å². The van der Waals surface area contributed by atoms with E-state index in [0.717, 1.165) is 0 Å². The molecule has 0 aliphatic carbocycles. The van der Waals surface area contributed by atoms with Crippen molar-refractivity contribution < 1.29 is 27.3 Å². The van der Waals surface area contributed by atoms with Crippen molar-refractivity contribution in [3.8, 4) is 11.4 Å². The van der Waals surface area contributed by atoms with Crippen molar-refractivity contribution in [3.63, 3.8) is 0 Å². The monoisotopic (exact) mass is 636 g/mol. The van der Waals surface area contributed by atoms with E-state index in [2.05, 4.69) is 25.3 Å². The van der Waals surface area contributed by atoms with Crippen molar-refractivity contribution in [2.24, 2.45) is 7.05 Å². The second kappa shape index (κ2) is 11.7. The molecule has 2 aromatic heterocycles. The number of nitrogens with zero attached hydrogens (tertiary/aromatic N) is 3. The smallest absolute Gasteiger partial charge is 0.379 e. The Kier molecular flexibility index (Phi) is 7.82. The lowest BCUT2D eigenvalue weighted by atomic mass is 10.1. The Bertz CT molecular complexity index is 2080. The molecule has 226 valence electrons. The first-order valence-corrected chi connectivity index (χ1v) is 15.2. The maximum atomic E-state index is 13.5. The van der Waals surface area contributed by atoms with Gasteiger partial charge in [-0.2, -0.15) is 4.31 Å². The summed E-state index contributed by atoms with van der Waals surface area (Å²) in [6.45, 7) is 1.10. The van der Waals surface area contributed by atoms with Gasteiger partial charge in [-0.05, 0) is 48.5 Å². The van der Waals surface area contributed by atoms with Crippen molar-refractivity contribution in [2.75, 3.05) is 36.9 Å². The number of aromatic amines is 1. The van der Waals surface area contributed by atoms with Crippen LogP contribution < -0.4 is 16.4 Å². The van der Waals surface area contributed by atoms with Crippen molar-refractivity contribution >= 4 is 55.7 Å². The molecule has 15 heteroatoms. The summed E-state index contributed by atoms with van der Waals surface area (Å²) in [4.78, 5) is 40.7. The number of nitrogens with one attached hydrogen (secondary N) is 3. The summed E-state index contributed by atoms with van der Waals surface area (Å²) >= 11 is 6.14. The molecular weight excluding hydrogens is 612 g/mol. The molecule has 0 bridgehead atoms. The lowest BCUT2D eigenvalue weighted by Gasteiger charge is -2.26. The van der Waals surface area contributed by atoms with Gasteiger partial charge in [0.15, 0.2) is 5.82 Å². The molecule has 1 aliphatic heterocycles. The molecule has 0 spiro atoms. The SMILES string of the molecule is Cn1c(C(=O)Nc2ccc(Cl)cc2-c2noc(=O)[nH]2)cc2cccc(NC(=O)c3cccc(S(=O)(=O)N4CCOCC4)c3)c21. The molecule has 6 rings (SSSR count). The number of amides is 2. The number of benzene rings is 3. The van der Waals surface area contributed by atoms with E-state index in [1.165, 1.54) is 34.6 Å². The minimum Gasteiger partial charge on any atom is -0.379 e. The summed E-state index contributed by atoms with van der Waals surface area (Å²) in [5.41, 5.74) is 2.10. The van der Waals surface area contributed by atoms with Crippen LogP contribution in [-0.4, -0.2) is 65.5 Å². The predicted molar refractivity (Wildman–Crippen MR) is 162 cm³/mol. The molecule has 3 aromatic carbocycles. The van der Waals surface area contributed by atoms with Crippen molar-refractivity contribution in [3.05, 3.63) is 93.6 Å². The van der Waals surface area contributed by atoms with E-state index in [1.807, 2.05) is 0 Å². The molecule has 0 atom stereocenters. The number of para-hydroxylation sites is 1. The fourth-order valence-corrected chi connectivity index (χ4v) is 6.64. The van der Waals surface area contributed by atoms with Crippen LogP contribution in [0, 0.1) is 0 Å². The number of morpholine rings is 1. The maximum absolute atomic E-state index is 13.5. The zero-order valence-electron chi connectivity index (χ0n) is 23.2. The molecule has 0 unspecified atom stereocenters. The number of ether oxygens (including phenoxy) is 1. The Hall–Kier alpha value is -4.76. The summed E-state index contributed by atoms with van der Waals surface area (Å²) in [6, 6.07) is 17.4. The summed E-state index contributed by atoms with van der Waals surface area (Å²) in [5, 5.41) is 10.4. The van der Waals surface area contributed by atoms with Crippen molar-refractivity contribution in [1.29, 1.82) is 0 Å². The average molecular weight is 637 g/mol. The Balaban J connectivity index is 1.27. The number of H-pyrrole nitrogens is 1. The van der Waals surface area contributed by atoms with Gasteiger partial charge < -0.3 is 19.9 Å². The van der Waals surface area contributed by atoms with E-state index in [9.17, 15) is 22.8 Å². The Morgan fingerprint density at radius 3 is 2.45 bits per heavy atom. The molecule has 13 nitrogen and oxygen atoms in total. The van der Waals surface area contributed by atoms with Gasteiger partial charge in [-0.3, -0.25) is 19.1 Å². The van der Waals surface area contributed by atoms with E-state index >= 15 is 0 Å². The normalized spacial score (nSPS) is 14.0. The molecule has 0 saturated carbocycles. The van der Waals surface area contributed by atoms with Crippen LogP contribution in [0.5, 0.6) is 0 Å². The first kappa shape index (κ1) is 29.3. The third-order valence-electron chi connectivity index (χ3n) is 7.17. The van der Waals surface area contributed by atoms with Gasteiger partial charge in [0.1, 0.15) is 5.69 Å².